The van der Waals surface area contributed by atoms with E-state index in [4.69, 9.17) is 16.3 Å². The van der Waals surface area contributed by atoms with Gasteiger partial charge in [0, 0.05) is 50.3 Å². The number of pyridine rings is 1. The van der Waals surface area contributed by atoms with E-state index in [9.17, 15) is 19.4 Å². The summed E-state index contributed by atoms with van der Waals surface area (Å²) < 4.78 is 21.2. The zero-order valence-electron chi connectivity index (χ0n) is 20.5. The third kappa shape index (κ3) is 5.70. The summed E-state index contributed by atoms with van der Waals surface area (Å²) in [5.74, 6) is -0.108. The zero-order chi connectivity index (χ0) is 26.0. The molecule has 3 aromatic rings. The lowest BCUT2D eigenvalue weighted by Gasteiger charge is -2.36. The van der Waals surface area contributed by atoms with Gasteiger partial charge >= 0.3 is 0 Å². The summed E-state index contributed by atoms with van der Waals surface area (Å²) in [6.45, 7) is 4.35. The van der Waals surface area contributed by atoms with E-state index >= 15 is 0 Å². The quantitative estimate of drug-likeness (QED) is 0.401. The third-order valence-corrected chi connectivity index (χ3v) is 6.43. The van der Waals surface area contributed by atoms with Gasteiger partial charge in [0.25, 0.3) is 5.91 Å². The van der Waals surface area contributed by atoms with Crippen LogP contribution >= 0.6 is 11.6 Å². The van der Waals surface area contributed by atoms with Gasteiger partial charge in [0.15, 0.2) is 0 Å². The van der Waals surface area contributed by atoms with Crippen molar-refractivity contribution in [1.82, 2.24) is 14.5 Å². The molecule has 0 bridgehead atoms. The minimum atomic E-state index is -0.916. The van der Waals surface area contributed by atoms with Crippen LogP contribution in [-0.2, 0) is 24.4 Å². The van der Waals surface area contributed by atoms with Crippen molar-refractivity contribution in [2.75, 3.05) is 25.6 Å². The normalized spacial score (nSPS) is 15.8. The second-order valence-corrected chi connectivity index (χ2v) is 10.0. The molecule has 1 aliphatic rings. The monoisotopic (exact) mass is 516 g/mol. The Balaban J connectivity index is 1.66. The largest absolute Gasteiger partial charge is 0.392 e. The first-order chi connectivity index (χ1) is 17.1. The number of carbonyl (C=O) groups is 1. The second-order valence-electron chi connectivity index (χ2n) is 9.60. The Morgan fingerprint density at radius 3 is 2.75 bits per heavy atom. The summed E-state index contributed by atoms with van der Waals surface area (Å²) in [7, 11) is 1.57. The zero-order valence-corrected chi connectivity index (χ0v) is 21.2. The first-order valence-corrected chi connectivity index (χ1v) is 12.0. The Morgan fingerprint density at radius 2 is 2.06 bits per heavy atom. The summed E-state index contributed by atoms with van der Waals surface area (Å²) in [6, 6.07) is 7.44. The molecule has 0 saturated carbocycles. The van der Waals surface area contributed by atoms with Gasteiger partial charge < -0.3 is 29.7 Å². The van der Waals surface area contributed by atoms with Crippen molar-refractivity contribution in [3.05, 3.63) is 70.4 Å². The highest BCUT2D eigenvalue weighted by Gasteiger charge is 2.34. The molecule has 1 atom stereocenters. The van der Waals surface area contributed by atoms with Gasteiger partial charge in [0.1, 0.15) is 17.3 Å². The molecule has 2 aromatic heterocycles. The fourth-order valence-electron chi connectivity index (χ4n) is 4.31. The van der Waals surface area contributed by atoms with Gasteiger partial charge in [-0.2, -0.15) is 0 Å². The maximum absolute atomic E-state index is 14.0. The van der Waals surface area contributed by atoms with Crippen LogP contribution < -0.4 is 5.32 Å². The minimum absolute atomic E-state index is 0.141. The molecule has 1 aromatic carbocycles. The predicted molar refractivity (Wildman–Crippen MR) is 135 cm³/mol. The number of fused-ring (bicyclic) bond motifs is 1. The van der Waals surface area contributed by atoms with Gasteiger partial charge in [-0.3, -0.25) is 4.79 Å². The summed E-state index contributed by atoms with van der Waals surface area (Å²) in [5, 5.41) is 23.2. The number of ether oxygens (including phenoxy) is 1. The summed E-state index contributed by atoms with van der Waals surface area (Å²) >= 11 is 6.46. The van der Waals surface area contributed by atoms with Crippen LogP contribution in [0.1, 0.15) is 35.5 Å². The molecule has 3 heterocycles. The smallest absolute Gasteiger partial charge is 0.271 e. The number of aromatic nitrogens is 2. The molecular formula is C26H30ClFN4O4. The number of hydrogen-bond donors (Lipinski definition) is 3. The number of anilines is 1. The van der Waals surface area contributed by atoms with Crippen LogP contribution in [0, 0.1) is 5.82 Å². The highest BCUT2D eigenvalue weighted by atomic mass is 35.5. The molecule has 0 fully saturated rings. The fourth-order valence-corrected chi connectivity index (χ4v) is 4.52. The Bertz CT molecular complexity index is 1260. The molecule has 10 heteroatoms. The number of nitrogens with zero attached hydrogens (tertiary/aromatic N) is 3. The lowest BCUT2D eigenvalue weighted by molar-refractivity contribution is 0.0386. The van der Waals surface area contributed by atoms with Crippen LogP contribution in [-0.4, -0.2) is 62.5 Å². The SMILES string of the molecule is COCC1Cn2cc(-c3cc(NCC(C)(C)O)ncc3Cl)cc2C(=O)N1Cc1cc(F)ccc1CO. The van der Waals surface area contributed by atoms with E-state index < -0.39 is 11.4 Å². The molecule has 4 rings (SSSR count). The van der Waals surface area contributed by atoms with Crippen LogP contribution in [0.15, 0.2) is 42.7 Å². The Morgan fingerprint density at radius 1 is 1.28 bits per heavy atom. The van der Waals surface area contributed by atoms with E-state index in [1.807, 2.05) is 10.8 Å². The number of aliphatic hydroxyl groups excluding tert-OH is 1. The highest BCUT2D eigenvalue weighted by Crippen LogP contribution is 2.33. The number of halogens is 2. The summed E-state index contributed by atoms with van der Waals surface area (Å²) in [6.07, 6.45) is 3.40. The number of methoxy groups -OCH3 is 1. The van der Waals surface area contributed by atoms with Crippen LogP contribution in [0.3, 0.4) is 0 Å². The second kappa shape index (κ2) is 10.6. The summed E-state index contributed by atoms with van der Waals surface area (Å²) in [4.78, 5) is 19.5. The van der Waals surface area contributed by atoms with E-state index in [1.165, 1.54) is 24.4 Å². The molecule has 3 N–H and O–H groups in total. The first-order valence-electron chi connectivity index (χ1n) is 11.6. The highest BCUT2D eigenvalue weighted by molar-refractivity contribution is 6.33. The number of hydrogen-bond acceptors (Lipinski definition) is 6. The molecular weight excluding hydrogens is 487 g/mol. The van der Waals surface area contributed by atoms with Gasteiger partial charge in [-0.15, -0.1) is 0 Å². The van der Waals surface area contributed by atoms with Crippen LogP contribution in [0.4, 0.5) is 10.2 Å². The number of benzene rings is 1. The van der Waals surface area contributed by atoms with Crippen molar-refractivity contribution < 1.29 is 24.1 Å². The molecule has 0 spiro atoms. The molecule has 192 valence electrons. The van der Waals surface area contributed by atoms with Crippen molar-refractivity contribution in [2.45, 2.75) is 45.2 Å². The van der Waals surface area contributed by atoms with Gasteiger partial charge in [-0.25, -0.2) is 9.37 Å². The molecule has 1 amide bonds. The molecule has 0 radical (unpaired) electrons. The Hall–Kier alpha value is -2.98. The molecule has 36 heavy (non-hydrogen) atoms. The predicted octanol–water partition coefficient (Wildman–Crippen LogP) is 3.69. The number of rotatable bonds is 9. The maximum atomic E-state index is 14.0. The fraction of sp³-hybridized carbons (Fsp3) is 0.385. The van der Waals surface area contributed by atoms with Crippen molar-refractivity contribution in [2.24, 2.45) is 0 Å². The molecule has 8 nitrogen and oxygen atoms in total. The topological polar surface area (TPSA) is 99.8 Å². The van der Waals surface area contributed by atoms with E-state index in [-0.39, 0.29) is 25.1 Å². The van der Waals surface area contributed by atoms with E-state index in [0.29, 0.717) is 52.9 Å². The molecule has 1 aliphatic heterocycles. The third-order valence-electron chi connectivity index (χ3n) is 6.13. The van der Waals surface area contributed by atoms with Crippen LogP contribution in [0.25, 0.3) is 11.1 Å². The van der Waals surface area contributed by atoms with Gasteiger partial charge in [0.2, 0.25) is 0 Å². The number of amides is 1. The number of nitrogens with one attached hydrogen (secondary N) is 1. The van der Waals surface area contributed by atoms with Crippen molar-refractivity contribution in [3.63, 3.8) is 0 Å². The van der Waals surface area contributed by atoms with Crippen molar-refractivity contribution in [3.8, 4) is 11.1 Å². The summed E-state index contributed by atoms with van der Waals surface area (Å²) in [5.41, 5.74) is 2.11. The number of aliphatic hydroxyl groups is 2. The Kier molecular flexibility index (Phi) is 7.65. The van der Waals surface area contributed by atoms with Crippen molar-refractivity contribution in [1.29, 1.82) is 0 Å². The Labute approximate surface area is 214 Å². The number of carbonyl (C=O) groups excluding carboxylic acids is 1. The average molecular weight is 517 g/mol. The van der Waals surface area contributed by atoms with Gasteiger partial charge in [0.05, 0.1) is 29.9 Å². The minimum Gasteiger partial charge on any atom is -0.392 e. The van der Waals surface area contributed by atoms with E-state index in [2.05, 4.69) is 10.3 Å². The van der Waals surface area contributed by atoms with Crippen molar-refractivity contribution >= 4 is 23.3 Å². The first kappa shape index (κ1) is 26.1. The van der Waals surface area contributed by atoms with Crippen LogP contribution in [0.2, 0.25) is 5.02 Å². The molecule has 1 unspecified atom stereocenters. The molecule has 0 saturated heterocycles. The lowest BCUT2D eigenvalue weighted by Crippen LogP contribution is -2.49. The van der Waals surface area contributed by atoms with E-state index in [1.54, 1.807) is 38.0 Å². The van der Waals surface area contributed by atoms with Gasteiger partial charge in [-0.1, -0.05) is 17.7 Å². The molecule has 0 aliphatic carbocycles. The van der Waals surface area contributed by atoms with Gasteiger partial charge in [-0.05, 0) is 49.2 Å². The lowest BCUT2D eigenvalue weighted by atomic mass is 10.0. The van der Waals surface area contributed by atoms with Crippen LogP contribution in [0.5, 0.6) is 0 Å². The average Bonchev–Trinajstić information content (AvgIpc) is 3.25. The van der Waals surface area contributed by atoms with E-state index in [0.717, 1.165) is 5.56 Å². The maximum Gasteiger partial charge on any atom is 0.271 e. The standard InChI is InChI=1S/C26H30ClFN4O4/c1-26(2,35)15-30-24-8-21(22(27)9-29-24)18-7-23-25(34)32(20(14-36-3)12-31(23)10-18)11-17-6-19(28)5-4-16(17)13-33/h4-10,20,33,35H,11-15H2,1-3H3,(H,29,30).